The first kappa shape index (κ1) is 15.2. The van der Waals surface area contributed by atoms with Gasteiger partial charge in [-0.15, -0.1) is 0 Å². The summed E-state index contributed by atoms with van der Waals surface area (Å²) in [5.74, 6) is -0.351. The van der Waals surface area contributed by atoms with E-state index < -0.39 is 6.61 Å². The van der Waals surface area contributed by atoms with Crippen molar-refractivity contribution in [2.45, 2.75) is 26.0 Å². The molecule has 114 valence electrons. The number of aromatic amines is 1. The molecule has 5 nitrogen and oxygen atoms in total. The quantitative estimate of drug-likeness (QED) is 0.766. The number of alkyl halides is 2. The number of benzene rings is 1. The molecular weight excluding hydrogens is 282 g/mol. The van der Waals surface area contributed by atoms with Gasteiger partial charge >= 0.3 is 6.61 Å². The average molecular weight is 298 g/mol. The highest BCUT2D eigenvalue weighted by atomic mass is 19.3. The Morgan fingerprint density at radius 2 is 2.24 bits per heavy atom. The highest BCUT2D eigenvalue weighted by molar-refractivity contribution is 5.99. The van der Waals surface area contributed by atoms with Crippen LogP contribution in [0, 0.1) is 0 Å². The van der Waals surface area contributed by atoms with Crippen LogP contribution in [0.25, 0.3) is 10.9 Å². The lowest BCUT2D eigenvalue weighted by atomic mass is 10.2. The number of carbonyl (C=O) groups is 1. The zero-order valence-corrected chi connectivity index (χ0v) is 11.4. The number of aliphatic hydroxyl groups excluding tert-OH is 1. The van der Waals surface area contributed by atoms with Gasteiger partial charge in [0, 0.05) is 23.6 Å². The van der Waals surface area contributed by atoms with Crippen LogP contribution in [0.5, 0.6) is 5.75 Å². The van der Waals surface area contributed by atoms with Gasteiger partial charge in [-0.1, -0.05) is 6.07 Å². The van der Waals surface area contributed by atoms with Gasteiger partial charge in [-0.05, 0) is 31.5 Å². The van der Waals surface area contributed by atoms with Gasteiger partial charge in [0.05, 0.1) is 0 Å². The van der Waals surface area contributed by atoms with Crippen LogP contribution in [-0.2, 0) is 0 Å². The summed E-state index contributed by atoms with van der Waals surface area (Å²) >= 11 is 0. The predicted molar refractivity (Wildman–Crippen MR) is 73.6 cm³/mol. The number of carbonyl (C=O) groups excluding carboxylic acids is 1. The molecule has 0 spiro atoms. The molecule has 1 amide bonds. The summed E-state index contributed by atoms with van der Waals surface area (Å²) in [6, 6.07) is 5.92. The molecule has 0 saturated carbocycles. The molecule has 1 aromatic carbocycles. The van der Waals surface area contributed by atoms with Crippen molar-refractivity contribution in [2.24, 2.45) is 0 Å². The molecule has 0 bridgehead atoms. The Hall–Kier alpha value is -2.15. The van der Waals surface area contributed by atoms with Gasteiger partial charge in [0.15, 0.2) is 0 Å². The normalized spacial score (nSPS) is 12.6. The minimum Gasteiger partial charge on any atom is -0.434 e. The molecule has 0 aliphatic carbocycles. The van der Waals surface area contributed by atoms with Crippen molar-refractivity contribution < 1.29 is 23.4 Å². The number of aromatic nitrogens is 1. The Balaban J connectivity index is 2.24. The van der Waals surface area contributed by atoms with Gasteiger partial charge in [0.2, 0.25) is 0 Å². The maximum Gasteiger partial charge on any atom is 0.387 e. The Kier molecular flexibility index (Phi) is 4.74. The SMILES string of the molecule is CC(CCO)NC(=O)c1cc2c(OC(F)F)cccc2[nH]1. The van der Waals surface area contributed by atoms with Gasteiger partial charge in [-0.2, -0.15) is 8.78 Å². The van der Waals surface area contributed by atoms with E-state index in [0.29, 0.717) is 17.3 Å². The molecule has 0 saturated heterocycles. The van der Waals surface area contributed by atoms with Crippen LogP contribution in [0.4, 0.5) is 8.78 Å². The van der Waals surface area contributed by atoms with Crippen molar-refractivity contribution in [1.29, 1.82) is 0 Å². The van der Waals surface area contributed by atoms with Crippen molar-refractivity contribution in [3.63, 3.8) is 0 Å². The molecule has 0 aliphatic rings. The maximum absolute atomic E-state index is 12.3. The Morgan fingerprint density at radius 1 is 1.48 bits per heavy atom. The van der Waals surface area contributed by atoms with Gasteiger partial charge in [-0.25, -0.2) is 0 Å². The van der Waals surface area contributed by atoms with Crippen molar-refractivity contribution >= 4 is 16.8 Å². The minimum absolute atomic E-state index is 0.0150. The van der Waals surface area contributed by atoms with Crippen LogP contribution in [0.2, 0.25) is 0 Å². The molecule has 0 aliphatic heterocycles. The van der Waals surface area contributed by atoms with E-state index in [4.69, 9.17) is 5.11 Å². The van der Waals surface area contributed by atoms with E-state index in [-0.39, 0.29) is 30.0 Å². The third-order valence-electron chi connectivity index (χ3n) is 3.02. The van der Waals surface area contributed by atoms with E-state index >= 15 is 0 Å². The third kappa shape index (κ3) is 3.69. The molecule has 2 aromatic rings. The fourth-order valence-corrected chi connectivity index (χ4v) is 2.02. The summed E-state index contributed by atoms with van der Waals surface area (Å²) in [7, 11) is 0. The second-order valence-electron chi connectivity index (χ2n) is 4.67. The number of hydrogen-bond acceptors (Lipinski definition) is 3. The number of aliphatic hydroxyl groups is 1. The fraction of sp³-hybridized carbons (Fsp3) is 0.357. The topological polar surface area (TPSA) is 74.3 Å². The van der Waals surface area contributed by atoms with Crippen molar-refractivity contribution in [3.8, 4) is 5.75 Å². The number of rotatable bonds is 6. The molecule has 1 heterocycles. The summed E-state index contributed by atoms with van der Waals surface area (Å²) in [6.07, 6.45) is 0.436. The molecule has 1 atom stereocenters. The van der Waals surface area contributed by atoms with Gasteiger partial charge in [-0.3, -0.25) is 4.79 Å². The van der Waals surface area contributed by atoms with Crippen LogP contribution >= 0.6 is 0 Å². The van der Waals surface area contributed by atoms with E-state index in [1.807, 2.05) is 0 Å². The van der Waals surface area contributed by atoms with Crippen LogP contribution in [0.3, 0.4) is 0 Å². The highest BCUT2D eigenvalue weighted by Crippen LogP contribution is 2.27. The molecule has 0 radical (unpaired) electrons. The lowest BCUT2D eigenvalue weighted by molar-refractivity contribution is -0.0487. The predicted octanol–water partition coefficient (Wildman–Crippen LogP) is 2.27. The van der Waals surface area contributed by atoms with Crippen LogP contribution in [-0.4, -0.2) is 35.3 Å². The number of hydrogen-bond donors (Lipinski definition) is 3. The third-order valence-corrected chi connectivity index (χ3v) is 3.02. The average Bonchev–Trinajstić information content (AvgIpc) is 2.83. The van der Waals surface area contributed by atoms with E-state index in [0.717, 1.165) is 0 Å². The Morgan fingerprint density at radius 3 is 2.90 bits per heavy atom. The number of fused-ring (bicyclic) bond motifs is 1. The molecule has 21 heavy (non-hydrogen) atoms. The first-order chi connectivity index (χ1) is 10.0. The van der Waals surface area contributed by atoms with E-state index in [2.05, 4.69) is 15.0 Å². The van der Waals surface area contributed by atoms with Gasteiger partial charge in [0.1, 0.15) is 11.4 Å². The second kappa shape index (κ2) is 6.53. The smallest absolute Gasteiger partial charge is 0.387 e. The Labute approximate surface area is 119 Å². The van der Waals surface area contributed by atoms with E-state index in [1.54, 1.807) is 19.1 Å². The molecule has 1 unspecified atom stereocenters. The summed E-state index contributed by atoms with van der Waals surface area (Å²) in [5.41, 5.74) is 0.785. The zero-order valence-electron chi connectivity index (χ0n) is 11.4. The highest BCUT2D eigenvalue weighted by Gasteiger charge is 2.15. The van der Waals surface area contributed by atoms with Crippen molar-refractivity contribution in [1.82, 2.24) is 10.3 Å². The van der Waals surface area contributed by atoms with Gasteiger partial charge < -0.3 is 20.1 Å². The molecular formula is C14H16F2N2O3. The van der Waals surface area contributed by atoms with Gasteiger partial charge in [0.25, 0.3) is 5.91 Å². The summed E-state index contributed by atoms with van der Waals surface area (Å²) in [6.45, 7) is -1.19. The van der Waals surface area contributed by atoms with E-state index in [1.165, 1.54) is 12.1 Å². The van der Waals surface area contributed by atoms with Crippen molar-refractivity contribution in [2.75, 3.05) is 6.61 Å². The Bertz CT molecular complexity index is 628. The minimum atomic E-state index is -2.92. The van der Waals surface area contributed by atoms with Crippen molar-refractivity contribution in [3.05, 3.63) is 30.0 Å². The summed E-state index contributed by atoms with van der Waals surface area (Å²) in [5, 5.41) is 11.9. The number of amides is 1. The number of halogens is 2. The first-order valence-electron chi connectivity index (χ1n) is 6.49. The van der Waals surface area contributed by atoms with Crippen LogP contribution < -0.4 is 10.1 Å². The lowest BCUT2D eigenvalue weighted by Gasteiger charge is -2.11. The standard InChI is InChI=1S/C14H16F2N2O3/c1-8(5-6-19)17-13(20)11-7-9-10(18-11)3-2-4-12(9)21-14(15)16/h2-4,7-8,14,18-19H,5-6H2,1H3,(H,17,20). The van der Waals surface area contributed by atoms with E-state index in [9.17, 15) is 13.6 Å². The molecule has 2 rings (SSSR count). The number of nitrogens with one attached hydrogen (secondary N) is 2. The molecule has 1 aromatic heterocycles. The molecule has 7 heteroatoms. The zero-order chi connectivity index (χ0) is 15.4. The molecule has 3 N–H and O–H groups in total. The first-order valence-corrected chi connectivity index (χ1v) is 6.49. The number of H-pyrrole nitrogens is 1. The summed E-state index contributed by atoms with van der Waals surface area (Å²) in [4.78, 5) is 14.9. The van der Waals surface area contributed by atoms with Crippen LogP contribution in [0.15, 0.2) is 24.3 Å². The lowest BCUT2D eigenvalue weighted by Crippen LogP contribution is -2.33. The largest absolute Gasteiger partial charge is 0.434 e. The van der Waals surface area contributed by atoms with Crippen LogP contribution in [0.1, 0.15) is 23.8 Å². The summed E-state index contributed by atoms with van der Waals surface area (Å²) < 4.78 is 29.1. The second-order valence-corrected chi connectivity index (χ2v) is 4.67. The monoisotopic (exact) mass is 298 g/mol. The number of ether oxygens (including phenoxy) is 1. The maximum atomic E-state index is 12.3. The molecule has 0 fully saturated rings. The fourth-order valence-electron chi connectivity index (χ4n) is 2.02.